The van der Waals surface area contributed by atoms with Crippen molar-refractivity contribution >= 4 is 49.6 Å². The van der Waals surface area contributed by atoms with Crippen LogP contribution >= 0.6 is 31.9 Å². The van der Waals surface area contributed by atoms with Crippen molar-refractivity contribution in [1.82, 2.24) is 21.2 Å². The maximum Gasteiger partial charge on any atom is 0.286 e. The van der Waals surface area contributed by atoms with Crippen LogP contribution in [0.25, 0.3) is 0 Å². The summed E-state index contributed by atoms with van der Waals surface area (Å²) in [6, 6.07) is 5.29. The van der Waals surface area contributed by atoms with E-state index in [-0.39, 0.29) is 24.2 Å². The number of carbonyl (C=O) groups excluding carboxylic acids is 3. The van der Waals surface area contributed by atoms with Crippen molar-refractivity contribution in [1.29, 1.82) is 0 Å². The third-order valence-corrected chi connectivity index (χ3v) is 4.17. The van der Waals surface area contributed by atoms with Crippen LogP contribution in [0, 0.1) is 5.82 Å². The number of hydrogen-bond acceptors (Lipinski definition) is 3. The first-order chi connectivity index (χ1) is 11.9. The van der Waals surface area contributed by atoms with E-state index in [2.05, 4.69) is 53.0 Å². The van der Waals surface area contributed by atoms with Gasteiger partial charge in [0.2, 0.25) is 5.91 Å². The average Bonchev–Trinajstić information content (AvgIpc) is 3.01. The summed E-state index contributed by atoms with van der Waals surface area (Å²) in [4.78, 5) is 38.0. The Kier molecular flexibility index (Phi) is 6.71. The Morgan fingerprint density at radius 1 is 1.08 bits per heavy atom. The monoisotopic (exact) mass is 474 g/mol. The van der Waals surface area contributed by atoms with Crippen molar-refractivity contribution in [3.63, 3.8) is 0 Å². The molecule has 2 rings (SSSR count). The second-order valence-electron chi connectivity index (χ2n) is 4.86. The fraction of sp³-hybridized carbons (Fsp3) is 0.133. The SMILES string of the molecule is O=C(CCNC(=O)c1cc(F)ccc1Br)NNC(=O)c1cc(Br)c[nH]1. The molecule has 25 heavy (non-hydrogen) atoms. The molecule has 0 saturated heterocycles. The van der Waals surface area contributed by atoms with Gasteiger partial charge in [-0.05, 0) is 56.1 Å². The zero-order valence-corrected chi connectivity index (χ0v) is 15.8. The van der Waals surface area contributed by atoms with Crippen LogP contribution in [0.3, 0.4) is 0 Å². The van der Waals surface area contributed by atoms with Gasteiger partial charge in [-0.25, -0.2) is 4.39 Å². The molecule has 0 fully saturated rings. The minimum Gasteiger partial charge on any atom is -0.356 e. The van der Waals surface area contributed by atoms with Crippen molar-refractivity contribution in [2.75, 3.05) is 6.54 Å². The Hall–Kier alpha value is -2.20. The van der Waals surface area contributed by atoms with Crippen LogP contribution < -0.4 is 16.2 Å². The van der Waals surface area contributed by atoms with Gasteiger partial charge in [0.25, 0.3) is 11.8 Å². The Morgan fingerprint density at radius 3 is 2.52 bits per heavy atom. The van der Waals surface area contributed by atoms with Gasteiger partial charge < -0.3 is 10.3 Å². The van der Waals surface area contributed by atoms with Crippen LogP contribution in [0.5, 0.6) is 0 Å². The number of hydrazine groups is 1. The molecule has 7 nitrogen and oxygen atoms in total. The summed E-state index contributed by atoms with van der Waals surface area (Å²) >= 11 is 6.35. The summed E-state index contributed by atoms with van der Waals surface area (Å²) in [5, 5.41) is 2.50. The molecule has 1 aromatic heterocycles. The summed E-state index contributed by atoms with van der Waals surface area (Å²) in [7, 11) is 0. The zero-order chi connectivity index (χ0) is 18.4. The molecule has 0 radical (unpaired) electrons. The summed E-state index contributed by atoms with van der Waals surface area (Å²) in [5.74, 6) is -2.05. The van der Waals surface area contributed by atoms with E-state index in [0.717, 1.165) is 6.07 Å². The molecular formula is C15H13Br2FN4O3. The second-order valence-corrected chi connectivity index (χ2v) is 6.63. The molecule has 0 aliphatic carbocycles. The number of aromatic nitrogens is 1. The first-order valence-electron chi connectivity index (χ1n) is 7.03. The smallest absolute Gasteiger partial charge is 0.286 e. The van der Waals surface area contributed by atoms with Gasteiger partial charge in [-0.3, -0.25) is 25.2 Å². The fourth-order valence-corrected chi connectivity index (χ4v) is 2.58. The number of nitrogens with one attached hydrogen (secondary N) is 4. The lowest BCUT2D eigenvalue weighted by molar-refractivity contribution is -0.121. The highest BCUT2D eigenvalue weighted by molar-refractivity contribution is 9.10. The number of carbonyl (C=O) groups is 3. The van der Waals surface area contributed by atoms with Crippen LogP contribution in [0.15, 0.2) is 39.4 Å². The maximum absolute atomic E-state index is 13.2. The molecule has 1 aromatic carbocycles. The van der Waals surface area contributed by atoms with E-state index >= 15 is 0 Å². The van der Waals surface area contributed by atoms with E-state index < -0.39 is 23.5 Å². The van der Waals surface area contributed by atoms with Crippen molar-refractivity contribution in [3.8, 4) is 0 Å². The minimum atomic E-state index is -0.537. The number of amides is 3. The van der Waals surface area contributed by atoms with Crippen molar-refractivity contribution in [2.45, 2.75) is 6.42 Å². The van der Waals surface area contributed by atoms with Crippen LogP contribution in [0.1, 0.15) is 27.3 Å². The average molecular weight is 476 g/mol. The number of halogens is 3. The zero-order valence-electron chi connectivity index (χ0n) is 12.7. The molecule has 0 atom stereocenters. The van der Waals surface area contributed by atoms with Gasteiger partial charge in [0, 0.05) is 28.1 Å². The molecule has 0 aliphatic rings. The van der Waals surface area contributed by atoms with Crippen molar-refractivity contribution < 1.29 is 18.8 Å². The molecule has 132 valence electrons. The molecular weight excluding hydrogens is 463 g/mol. The highest BCUT2D eigenvalue weighted by Crippen LogP contribution is 2.17. The Labute approximate surface area is 159 Å². The van der Waals surface area contributed by atoms with Crippen LogP contribution in [-0.2, 0) is 4.79 Å². The molecule has 1 heterocycles. The van der Waals surface area contributed by atoms with Crippen LogP contribution in [0.2, 0.25) is 0 Å². The molecule has 4 N–H and O–H groups in total. The van der Waals surface area contributed by atoms with Crippen molar-refractivity contribution in [2.24, 2.45) is 0 Å². The third-order valence-electron chi connectivity index (χ3n) is 3.02. The predicted molar refractivity (Wildman–Crippen MR) is 95.2 cm³/mol. The van der Waals surface area contributed by atoms with E-state index in [1.54, 1.807) is 12.3 Å². The van der Waals surface area contributed by atoms with Crippen molar-refractivity contribution in [3.05, 3.63) is 56.5 Å². The van der Waals surface area contributed by atoms with Gasteiger partial charge in [0.05, 0.1) is 5.56 Å². The summed E-state index contributed by atoms with van der Waals surface area (Å²) in [5.41, 5.74) is 4.87. The summed E-state index contributed by atoms with van der Waals surface area (Å²) in [6.07, 6.45) is 1.52. The molecule has 0 bridgehead atoms. The van der Waals surface area contributed by atoms with Gasteiger partial charge in [0.1, 0.15) is 11.5 Å². The van der Waals surface area contributed by atoms with Gasteiger partial charge in [-0.1, -0.05) is 0 Å². The first kappa shape index (κ1) is 19.1. The van der Waals surface area contributed by atoms with Gasteiger partial charge >= 0.3 is 0 Å². The van der Waals surface area contributed by atoms with Gasteiger partial charge in [-0.2, -0.15) is 0 Å². The fourth-order valence-electron chi connectivity index (χ4n) is 1.81. The minimum absolute atomic E-state index is 0.0253. The molecule has 2 aromatic rings. The highest BCUT2D eigenvalue weighted by Gasteiger charge is 2.12. The molecule has 10 heteroatoms. The summed E-state index contributed by atoms with van der Waals surface area (Å²) in [6.45, 7) is 0.0253. The lowest BCUT2D eigenvalue weighted by atomic mass is 10.2. The molecule has 0 saturated carbocycles. The lowest BCUT2D eigenvalue weighted by Crippen LogP contribution is -2.43. The van der Waals surface area contributed by atoms with E-state index in [1.807, 2.05) is 0 Å². The van der Waals surface area contributed by atoms with Gasteiger partial charge in [-0.15, -0.1) is 0 Å². The molecule has 0 aliphatic heterocycles. The largest absolute Gasteiger partial charge is 0.356 e. The Morgan fingerprint density at radius 2 is 1.84 bits per heavy atom. The van der Waals surface area contributed by atoms with Crippen LogP contribution in [0.4, 0.5) is 4.39 Å². The lowest BCUT2D eigenvalue weighted by Gasteiger charge is -2.08. The number of H-pyrrole nitrogens is 1. The van der Waals surface area contributed by atoms with E-state index in [0.29, 0.717) is 8.95 Å². The molecule has 3 amide bonds. The number of aromatic amines is 1. The molecule has 0 unspecified atom stereocenters. The highest BCUT2D eigenvalue weighted by atomic mass is 79.9. The Balaban J connectivity index is 1.74. The van der Waals surface area contributed by atoms with E-state index in [4.69, 9.17) is 0 Å². The third kappa shape index (κ3) is 5.68. The van der Waals surface area contributed by atoms with E-state index in [1.165, 1.54) is 12.1 Å². The van der Waals surface area contributed by atoms with E-state index in [9.17, 15) is 18.8 Å². The number of hydrogen-bond donors (Lipinski definition) is 4. The number of rotatable bonds is 5. The quantitative estimate of drug-likeness (QED) is 0.498. The first-order valence-corrected chi connectivity index (χ1v) is 8.62. The summed E-state index contributed by atoms with van der Waals surface area (Å²) < 4.78 is 14.3. The maximum atomic E-state index is 13.2. The number of benzene rings is 1. The molecule has 0 spiro atoms. The standard InChI is InChI=1S/C15H13Br2FN4O3/c16-8-5-12(20-7-8)15(25)22-21-13(23)3-4-19-14(24)10-6-9(18)1-2-11(10)17/h1-2,5-7,20H,3-4H2,(H,19,24)(H,21,23)(H,22,25). The topological polar surface area (TPSA) is 103 Å². The Bertz CT molecular complexity index is 810. The normalized spacial score (nSPS) is 10.2. The second kappa shape index (κ2) is 8.77. The predicted octanol–water partition coefficient (Wildman–Crippen LogP) is 2.26. The van der Waals surface area contributed by atoms with Crippen LogP contribution in [-0.4, -0.2) is 29.3 Å². The van der Waals surface area contributed by atoms with Gasteiger partial charge in [0.15, 0.2) is 0 Å².